The van der Waals surface area contributed by atoms with Gasteiger partial charge in [-0.25, -0.2) is 14.1 Å². The molecule has 6 nitrogen and oxygen atoms in total. The maximum Gasteiger partial charge on any atom is 0.223 e. The second kappa shape index (κ2) is 7.76. The average molecular weight is 372 g/mol. The Kier molecular flexibility index (Phi) is 5.20. The fraction of sp³-hybridized carbons (Fsp3) is 0.550. The van der Waals surface area contributed by atoms with E-state index in [-0.39, 0.29) is 17.6 Å². The van der Waals surface area contributed by atoms with E-state index in [1.807, 2.05) is 4.90 Å². The van der Waals surface area contributed by atoms with Gasteiger partial charge in [-0.05, 0) is 25.0 Å². The summed E-state index contributed by atoms with van der Waals surface area (Å²) in [5, 5.41) is 4.53. The molecular weight excluding hydrogens is 347 g/mol. The number of carbonyl (C=O) groups is 1. The molecule has 1 saturated heterocycles. The number of amides is 1. The van der Waals surface area contributed by atoms with Gasteiger partial charge in [0.15, 0.2) is 5.82 Å². The standard InChI is InChI=1S/C20H25FN4O2/c1-27-11-10-18-22-20(25(23-18)17-9-5-4-8-16(17)21)14-12-19(26)24(13-14)15-6-2-3-7-15/h4-5,8-9,14-15H,2-3,6-7,10-13H2,1H3/t14-/m1/s1. The molecule has 2 aliphatic rings. The van der Waals surface area contributed by atoms with Gasteiger partial charge in [-0.3, -0.25) is 4.79 Å². The number of hydrogen-bond donors (Lipinski definition) is 0. The quantitative estimate of drug-likeness (QED) is 0.782. The lowest BCUT2D eigenvalue weighted by Gasteiger charge is -2.24. The highest BCUT2D eigenvalue weighted by Crippen LogP contribution is 2.34. The number of para-hydroxylation sites is 1. The average Bonchev–Trinajstić information content (AvgIpc) is 3.39. The molecule has 1 aromatic carbocycles. The van der Waals surface area contributed by atoms with Gasteiger partial charge in [0, 0.05) is 38.5 Å². The van der Waals surface area contributed by atoms with Gasteiger partial charge in [-0.2, -0.15) is 5.10 Å². The van der Waals surface area contributed by atoms with Crippen molar-refractivity contribution < 1.29 is 13.9 Å². The Morgan fingerprint density at radius 2 is 2.04 bits per heavy atom. The van der Waals surface area contributed by atoms with Crippen molar-refractivity contribution in [1.82, 2.24) is 19.7 Å². The first-order chi connectivity index (χ1) is 13.2. The molecule has 0 spiro atoms. The molecule has 2 aromatic rings. The van der Waals surface area contributed by atoms with Gasteiger partial charge in [0.05, 0.1) is 6.61 Å². The van der Waals surface area contributed by atoms with E-state index in [2.05, 4.69) is 10.1 Å². The largest absolute Gasteiger partial charge is 0.384 e. The molecule has 7 heteroatoms. The van der Waals surface area contributed by atoms with Crippen LogP contribution in [0.5, 0.6) is 0 Å². The number of benzene rings is 1. The Hall–Kier alpha value is -2.28. The van der Waals surface area contributed by atoms with Crippen molar-refractivity contribution in [3.8, 4) is 5.69 Å². The molecular formula is C20H25FN4O2. The van der Waals surface area contributed by atoms with Crippen molar-refractivity contribution in [2.75, 3.05) is 20.3 Å². The summed E-state index contributed by atoms with van der Waals surface area (Å²) in [7, 11) is 1.63. The molecule has 27 heavy (non-hydrogen) atoms. The Balaban J connectivity index is 1.66. The van der Waals surface area contributed by atoms with E-state index >= 15 is 0 Å². The van der Waals surface area contributed by atoms with Crippen molar-refractivity contribution in [1.29, 1.82) is 0 Å². The third-order valence-corrected chi connectivity index (χ3v) is 5.58. The van der Waals surface area contributed by atoms with Gasteiger partial charge >= 0.3 is 0 Å². The molecule has 1 aliphatic carbocycles. The van der Waals surface area contributed by atoms with Crippen LogP contribution in [0.15, 0.2) is 24.3 Å². The Labute approximate surface area is 158 Å². The lowest BCUT2D eigenvalue weighted by Crippen LogP contribution is -2.34. The van der Waals surface area contributed by atoms with Crippen LogP contribution in [-0.4, -0.2) is 51.9 Å². The summed E-state index contributed by atoms with van der Waals surface area (Å²) in [5.74, 6) is 1.04. The Bertz CT molecular complexity index is 816. The molecule has 1 saturated carbocycles. The number of likely N-dealkylation sites (tertiary alicyclic amines) is 1. The smallest absolute Gasteiger partial charge is 0.223 e. The van der Waals surface area contributed by atoms with Crippen molar-refractivity contribution in [3.05, 3.63) is 41.7 Å². The van der Waals surface area contributed by atoms with Crippen LogP contribution in [0.3, 0.4) is 0 Å². The molecule has 1 aromatic heterocycles. The van der Waals surface area contributed by atoms with Crippen LogP contribution in [0.2, 0.25) is 0 Å². The first kappa shape index (κ1) is 18.1. The van der Waals surface area contributed by atoms with Crippen LogP contribution in [0, 0.1) is 5.82 Å². The minimum atomic E-state index is -0.348. The number of rotatable bonds is 6. The summed E-state index contributed by atoms with van der Waals surface area (Å²) in [5.41, 5.74) is 0.371. The van der Waals surface area contributed by atoms with E-state index in [4.69, 9.17) is 4.74 Å². The number of ether oxygens (including phenoxy) is 1. The highest BCUT2D eigenvalue weighted by molar-refractivity contribution is 5.80. The number of methoxy groups -OCH3 is 1. The lowest BCUT2D eigenvalue weighted by molar-refractivity contribution is -0.129. The van der Waals surface area contributed by atoms with Gasteiger partial charge in [-0.1, -0.05) is 25.0 Å². The predicted molar refractivity (Wildman–Crippen MR) is 98.2 cm³/mol. The van der Waals surface area contributed by atoms with E-state index in [9.17, 15) is 9.18 Å². The van der Waals surface area contributed by atoms with Gasteiger partial charge in [-0.15, -0.1) is 0 Å². The second-order valence-corrected chi connectivity index (χ2v) is 7.38. The number of aromatic nitrogens is 3. The number of hydrogen-bond acceptors (Lipinski definition) is 4. The topological polar surface area (TPSA) is 60.2 Å². The summed E-state index contributed by atoms with van der Waals surface area (Å²) in [4.78, 5) is 19.3. The van der Waals surface area contributed by atoms with Crippen LogP contribution in [0.4, 0.5) is 4.39 Å². The Morgan fingerprint density at radius 3 is 2.78 bits per heavy atom. The highest BCUT2D eigenvalue weighted by Gasteiger charge is 2.38. The van der Waals surface area contributed by atoms with E-state index in [0.29, 0.717) is 49.4 Å². The molecule has 1 atom stereocenters. The first-order valence-electron chi connectivity index (χ1n) is 9.66. The summed E-state index contributed by atoms with van der Waals surface area (Å²) in [6.07, 6.45) is 5.50. The van der Waals surface area contributed by atoms with Gasteiger partial charge in [0.2, 0.25) is 5.91 Å². The van der Waals surface area contributed by atoms with Crippen molar-refractivity contribution in [3.63, 3.8) is 0 Å². The van der Waals surface area contributed by atoms with E-state index in [1.54, 1.807) is 30.0 Å². The predicted octanol–water partition coefficient (Wildman–Crippen LogP) is 2.85. The van der Waals surface area contributed by atoms with Crippen molar-refractivity contribution >= 4 is 5.91 Å². The van der Waals surface area contributed by atoms with Crippen LogP contribution in [0.1, 0.15) is 49.7 Å². The third kappa shape index (κ3) is 3.60. The normalized spacial score (nSPS) is 20.7. The molecule has 1 amide bonds. The minimum Gasteiger partial charge on any atom is -0.384 e. The minimum absolute atomic E-state index is 0.0681. The van der Waals surface area contributed by atoms with Crippen molar-refractivity contribution in [2.24, 2.45) is 0 Å². The second-order valence-electron chi connectivity index (χ2n) is 7.38. The maximum absolute atomic E-state index is 14.4. The highest BCUT2D eigenvalue weighted by atomic mass is 19.1. The molecule has 144 valence electrons. The molecule has 2 heterocycles. The monoisotopic (exact) mass is 372 g/mol. The van der Waals surface area contributed by atoms with E-state index in [0.717, 1.165) is 12.8 Å². The van der Waals surface area contributed by atoms with E-state index in [1.165, 1.54) is 18.9 Å². The van der Waals surface area contributed by atoms with Crippen LogP contribution in [-0.2, 0) is 16.0 Å². The van der Waals surface area contributed by atoms with Crippen LogP contribution >= 0.6 is 0 Å². The van der Waals surface area contributed by atoms with Gasteiger partial charge < -0.3 is 9.64 Å². The summed E-state index contributed by atoms with van der Waals surface area (Å²) < 4.78 is 21.1. The van der Waals surface area contributed by atoms with Gasteiger partial charge in [0.1, 0.15) is 17.3 Å². The molecule has 0 radical (unpaired) electrons. The molecule has 1 aliphatic heterocycles. The summed E-state index contributed by atoms with van der Waals surface area (Å²) in [6.45, 7) is 1.14. The zero-order valence-electron chi connectivity index (χ0n) is 15.6. The maximum atomic E-state index is 14.4. The number of carbonyl (C=O) groups excluding carboxylic acids is 1. The van der Waals surface area contributed by atoms with Gasteiger partial charge in [0.25, 0.3) is 0 Å². The zero-order chi connectivity index (χ0) is 18.8. The fourth-order valence-corrected chi connectivity index (χ4v) is 4.21. The van der Waals surface area contributed by atoms with E-state index < -0.39 is 0 Å². The first-order valence-corrected chi connectivity index (χ1v) is 9.66. The molecule has 0 unspecified atom stereocenters. The fourth-order valence-electron chi connectivity index (χ4n) is 4.21. The molecule has 2 fully saturated rings. The zero-order valence-corrected chi connectivity index (χ0v) is 15.6. The Morgan fingerprint density at radius 1 is 1.26 bits per heavy atom. The molecule has 0 bridgehead atoms. The molecule has 0 N–H and O–H groups in total. The summed E-state index contributed by atoms with van der Waals surface area (Å²) >= 11 is 0. The van der Waals surface area contributed by atoms with Crippen LogP contribution in [0.25, 0.3) is 5.69 Å². The third-order valence-electron chi connectivity index (χ3n) is 5.58. The van der Waals surface area contributed by atoms with Crippen LogP contribution < -0.4 is 0 Å². The lowest BCUT2D eigenvalue weighted by atomic mass is 10.1. The number of nitrogens with zero attached hydrogens (tertiary/aromatic N) is 4. The number of halogens is 1. The molecule has 4 rings (SSSR count). The summed E-state index contributed by atoms with van der Waals surface area (Å²) in [6, 6.07) is 6.89. The SMILES string of the molecule is COCCc1nc([C@@H]2CC(=O)N(C3CCCC3)C2)n(-c2ccccc2F)n1. The van der Waals surface area contributed by atoms with Crippen molar-refractivity contribution in [2.45, 2.75) is 50.5 Å².